The molecule has 0 fully saturated rings. The second kappa shape index (κ2) is 2.48. The van der Waals surface area contributed by atoms with E-state index >= 15 is 0 Å². The summed E-state index contributed by atoms with van der Waals surface area (Å²) in [6.45, 7) is 0. The molecule has 0 aliphatic carbocycles. The Morgan fingerprint density at radius 2 is 2.60 bits per heavy atom. The Morgan fingerprint density at radius 1 is 1.90 bits per heavy atom. The summed E-state index contributed by atoms with van der Waals surface area (Å²) in [6.07, 6.45) is 2.56. The fourth-order valence-corrected chi connectivity index (χ4v) is 0.833. The first-order valence-corrected chi connectivity index (χ1v) is 3.01. The molecule has 0 radical (unpaired) electrons. The van der Waals surface area contributed by atoms with Gasteiger partial charge >= 0.3 is 5.97 Å². The van der Waals surface area contributed by atoms with Crippen molar-refractivity contribution in [1.82, 2.24) is 5.48 Å². The number of carboxylic acid groups (broad SMARTS) is 1. The Morgan fingerprint density at radius 3 is 3.00 bits per heavy atom. The molecular formula is C5H6ClNO3. The summed E-state index contributed by atoms with van der Waals surface area (Å²) < 4.78 is 0. The van der Waals surface area contributed by atoms with Crippen molar-refractivity contribution in [3.05, 3.63) is 12.3 Å². The molecule has 0 aromatic carbocycles. The van der Waals surface area contributed by atoms with Gasteiger partial charge in [-0.2, -0.15) is 0 Å². The van der Waals surface area contributed by atoms with Crippen LogP contribution in [0.5, 0.6) is 0 Å². The van der Waals surface area contributed by atoms with E-state index in [2.05, 4.69) is 10.3 Å². The van der Waals surface area contributed by atoms with Gasteiger partial charge in [-0.15, -0.1) is 5.48 Å². The highest BCUT2D eigenvalue weighted by atomic mass is 35.5. The molecule has 1 aliphatic rings. The van der Waals surface area contributed by atoms with Crippen molar-refractivity contribution in [2.75, 3.05) is 0 Å². The van der Waals surface area contributed by atoms with Crippen molar-refractivity contribution in [1.29, 1.82) is 0 Å². The average Bonchev–Trinajstić information content (AvgIpc) is 2.12. The summed E-state index contributed by atoms with van der Waals surface area (Å²) in [4.78, 5) is 13.6. The van der Waals surface area contributed by atoms with Crippen LogP contribution < -0.4 is 5.48 Å². The molecule has 4 nitrogen and oxygen atoms in total. The number of hydrogen-bond donors (Lipinski definition) is 2. The normalized spacial score (nSPS) is 30.1. The van der Waals surface area contributed by atoms with Crippen LogP contribution in [-0.4, -0.2) is 16.1 Å². The lowest BCUT2D eigenvalue weighted by atomic mass is 10.2. The van der Waals surface area contributed by atoms with Gasteiger partial charge in [-0.05, 0) is 6.08 Å². The van der Waals surface area contributed by atoms with E-state index in [1.54, 1.807) is 0 Å². The summed E-state index contributed by atoms with van der Waals surface area (Å²) in [5, 5.41) is 8.33. The molecule has 0 saturated heterocycles. The highest BCUT2D eigenvalue weighted by Crippen LogP contribution is 2.21. The number of carboxylic acids is 1. The number of nitrogens with one attached hydrogen (secondary N) is 1. The lowest BCUT2D eigenvalue weighted by molar-refractivity contribution is -0.138. The maximum Gasteiger partial charge on any atom is 0.306 e. The molecule has 5 heteroatoms. The van der Waals surface area contributed by atoms with Crippen LogP contribution in [0.4, 0.5) is 0 Å². The van der Waals surface area contributed by atoms with Crippen molar-refractivity contribution < 1.29 is 14.7 Å². The van der Waals surface area contributed by atoms with E-state index in [1.165, 1.54) is 12.3 Å². The van der Waals surface area contributed by atoms with E-state index in [-0.39, 0.29) is 6.42 Å². The molecule has 10 heavy (non-hydrogen) atoms. The zero-order chi connectivity index (χ0) is 7.61. The Bertz CT molecular complexity index is 182. The van der Waals surface area contributed by atoms with Crippen LogP contribution in [-0.2, 0) is 9.63 Å². The van der Waals surface area contributed by atoms with Gasteiger partial charge in [-0.25, -0.2) is 0 Å². The van der Waals surface area contributed by atoms with E-state index in [0.29, 0.717) is 0 Å². The molecule has 2 N–H and O–H groups in total. The molecule has 0 amide bonds. The number of alkyl halides is 1. The van der Waals surface area contributed by atoms with Crippen LogP contribution in [0.2, 0.25) is 0 Å². The third kappa shape index (κ3) is 1.62. The topological polar surface area (TPSA) is 58.6 Å². The first-order chi connectivity index (χ1) is 4.62. The third-order valence-electron chi connectivity index (χ3n) is 1.04. The Kier molecular flexibility index (Phi) is 1.82. The van der Waals surface area contributed by atoms with Gasteiger partial charge in [0, 0.05) is 0 Å². The van der Waals surface area contributed by atoms with E-state index in [4.69, 9.17) is 16.7 Å². The number of aliphatic carboxylic acids is 1. The molecule has 1 heterocycles. The Labute approximate surface area is 62.4 Å². The molecule has 0 aromatic heterocycles. The first-order valence-electron chi connectivity index (χ1n) is 2.64. The highest BCUT2D eigenvalue weighted by Gasteiger charge is 2.31. The lowest BCUT2D eigenvalue weighted by Gasteiger charge is -2.14. The Hall–Kier alpha value is -0.740. The van der Waals surface area contributed by atoms with Gasteiger partial charge in [0.15, 0.2) is 5.00 Å². The molecule has 1 unspecified atom stereocenters. The van der Waals surface area contributed by atoms with Crippen molar-refractivity contribution in [3.8, 4) is 0 Å². The summed E-state index contributed by atoms with van der Waals surface area (Å²) in [5.41, 5.74) is 2.34. The second-order valence-electron chi connectivity index (χ2n) is 1.96. The van der Waals surface area contributed by atoms with Gasteiger partial charge in [0.2, 0.25) is 0 Å². The highest BCUT2D eigenvalue weighted by molar-refractivity contribution is 6.26. The predicted molar refractivity (Wildman–Crippen MR) is 34.2 cm³/mol. The van der Waals surface area contributed by atoms with Crippen LogP contribution in [0.3, 0.4) is 0 Å². The molecule has 0 spiro atoms. The standard InChI is InChI=1S/C5H6ClNO3/c6-5(3-4(8)9)1-2-10-7-5/h1-2,7H,3H2,(H,8,9). The van der Waals surface area contributed by atoms with E-state index in [9.17, 15) is 4.79 Å². The van der Waals surface area contributed by atoms with E-state index < -0.39 is 11.0 Å². The third-order valence-corrected chi connectivity index (χ3v) is 1.37. The fourth-order valence-electron chi connectivity index (χ4n) is 0.623. The van der Waals surface area contributed by atoms with Crippen LogP contribution in [0.25, 0.3) is 0 Å². The number of halogens is 1. The molecule has 0 saturated carbocycles. The van der Waals surface area contributed by atoms with E-state index in [1.807, 2.05) is 0 Å². The molecular weight excluding hydrogens is 158 g/mol. The fraction of sp³-hybridized carbons (Fsp3) is 0.400. The van der Waals surface area contributed by atoms with Crippen molar-refractivity contribution >= 4 is 17.6 Å². The molecule has 1 aliphatic heterocycles. The van der Waals surface area contributed by atoms with Crippen molar-refractivity contribution in [3.63, 3.8) is 0 Å². The zero-order valence-electron chi connectivity index (χ0n) is 5.00. The smallest absolute Gasteiger partial charge is 0.306 e. The van der Waals surface area contributed by atoms with Crippen molar-refractivity contribution in [2.45, 2.75) is 11.4 Å². The maximum absolute atomic E-state index is 10.1. The minimum absolute atomic E-state index is 0.203. The van der Waals surface area contributed by atoms with Crippen LogP contribution in [0.1, 0.15) is 6.42 Å². The largest absolute Gasteiger partial charge is 0.481 e. The number of hydroxylamine groups is 1. The Balaban J connectivity index is 2.52. The van der Waals surface area contributed by atoms with Crippen molar-refractivity contribution in [2.24, 2.45) is 0 Å². The van der Waals surface area contributed by atoms with Gasteiger partial charge in [-0.3, -0.25) is 4.79 Å². The molecule has 1 atom stereocenters. The minimum Gasteiger partial charge on any atom is -0.481 e. The quantitative estimate of drug-likeness (QED) is 0.458. The maximum atomic E-state index is 10.1. The first kappa shape index (κ1) is 7.37. The summed E-state index contributed by atoms with van der Waals surface area (Å²) in [6, 6.07) is 0. The van der Waals surface area contributed by atoms with Crippen LogP contribution in [0, 0.1) is 0 Å². The molecule has 56 valence electrons. The van der Waals surface area contributed by atoms with Gasteiger partial charge in [0.25, 0.3) is 0 Å². The second-order valence-corrected chi connectivity index (χ2v) is 2.63. The lowest BCUT2D eigenvalue weighted by Crippen LogP contribution is -2.34. The van der Waals surface area contributed by atoms with Gasteiger partial charge in [-0.1, -0.05) is 11.6 Å². The van der Waals surface area contributed by atoms with Gasteiger partial charge in [0.1, 0.15) is 6.26 Å². The molecule has 0 bridgehead atoms. The minimum atomic E-state index is -1.06. The SMILES string of the molecule is O=C(O)CC1(Cl)C=CON1. The summed E-state index contributed by atoms with van der Waals surface area (Å²) >= 11 is 5.66. The summed E-state index contributed by atoms with van der Waals surface area (Å²) in [5.74, 6) is -0.974. The van der Waals surface area contributed by atoms with E-state index in [0.717, 1.165) is 0 Å². The van der Waals surface area contributed by atoms with Gasteiger partial charge < -0.3 is 9.94 Å². The van der Waals surface area contributed by atoms with Crippen LogP contribution >= 0.6 is 11.6 Å². The predicted octanol–water partition coefficient (Wildman–Crippen LogP) is 0.445. The summed E-state index contributed by atoms with van der Waals surface area (Å²) in [7, 11) is 0. The van der Waals surface area contributed by atoms with Crippen LogP contribution in [0.15, 0.2) is 12.3 Å². The zero-order valence-corrected chi connectivity index (χ0v) is 5.76. The molecule has 0 aromatic rings. The average molecular weight is 164 g/mol. The monoisotopic (exact) mass is 163 g/mol. The number of hydrogen-bond acceptors (Lipinski definition) is 3. The number of rotatable bonds is 2. The number of carbonyl (C=O) groups is 1. The molecule has 1 rings (SSSR count). The van der Waals surface area contributed by atoms with Gasteiger partial charge in [0.05, 0.1) is 6.42 Å².